The van der Waals surface area contributed by atoms with Crippen LogP contribution in [-0.4, -0.2) is 16.3 Å². The van der Waals surface area contributed by atoms with E-state index in [9.17, 15) is 14.6 Å². The van der Waals surface area contributed by atoms with Crippen molar-refractivity contribution < 1.29 is 14.6 Å². The fourth-order valence-electron chi connectivity index (χ4n) is 1.17. The molecule has 1 aromatic rings. The summed E-state index contributed by atoms with van der Waals surface area (Å²) in [6.45, 7) is 0. The van der Waals surface area contributed by atoms with Crippen molar-refractivity contribution in [3.63, 3.8) is 0 Å². The fraction of sp³-hybridized carbons (Fsp3) is 0.300. The molecule has 2 atom stereocenters. The fourth-order valence-corrected chi connectivity index (χ4v) is 1.50. The van der Waals surface area contributed by atoms with E-state index in [2.05, 4.69) is 0 Å². The van der Waals surface area contributed by atoms with Crippen molar-refractivity contribution in [2.45, 2.75) is 18.6 Å². The van der Waals surface area contributed by atoms with Crippen LogP contribution in [0.15, 0.2) is 12.1 Å². The summed E-state index contributed by atoms with van der Waals surface area (Å²) in [4.78, 5) is 0. The lowest BCUT2D eigenvalue weighted by Crippen LogP contribution is -2.17. The third-order valence-electron chi connectivity index (χ3n) is 2.01. The van der Waals surface area contributed by atoms with E-state index in [0.717, 1.165) is 6.07 Å². The summed E-state index contributed by atoms with van der Waals surface area (Å²) >= 11 is 11.1. The first-order chi connectivity index (χ1) is 7.47. The van der Waals surface area contributed by atoms with Crippen LogP contribution in [0.4, 0.5) is 4.39 Å². The van der Waals surface area contributed by atoms with Crippen LogP contribution >= 0.6 is 23.2 Å². The number of rotatable bonds is 3. The van der Waals surface area contributed by atoms with Crippen LogP contribution in [0.25, 0.3) is 0 Å². The molecule has 2 N–H and O–H groups in total. The van der Waals surface area contributed by atoms with Crippen molar-refractivity contribution in [3.8, 4) is 6.07 Å². The van der Waals surface area contributed by atoms with Gasteiger partial charge < -0.3 is 10.2 Å². The second-order valence-electron chi connectivity index (χ2n) is 3.17. The summed E-state index contributed by atoms with van der Waals surface area (Å²) in [7, 11) is 0. The summed E-state index contributed by atoms with van der Waals surface area (Å²) in [6, 6.07) is 3.92. The Hall–Kier alpha value is -0.860. The van der Waals surface area contributed by atoms with Gasteiger partial charge in [0, 0.05) is 0 Å². The molecule has 1 aromatic carbocycles. The molecule has 2 unspecified atom stereocenters. The zero-order valence-corrected chi connectivity index (χ0v) is 9.50. The SMILES string of the molecule is N#CCC(O)C(O)c1cc(F)c(Cl)c(Cl)c1. The molecular weight excluding hydrogens is 256 g/mol. The first-order valence-corrected chi connectivity index (χ1v) is 5.10. The summed E-state index contributed by atoms with van der Waals surface area (Å²) in [5.41, 5.74) is 0.0784. The maximum Gasteiger partial charge on any atom is 0.143 e. The molecule has 0 heterocycles. The largest absolute Gasteiger partial charge is 0.389 e. The van der Waals surface area contributed by atoms with Crippen LogP contribution in [0.1, 0.15) is 18.1 Å². The summed E-state index contributed by atoms with van der Waals surface area (Å²) in [6.07, 6.45) is -2.92. The standard InChI is InChI=1S/C10H8Cl2FNO2/c11-6-3-5(4-7(13)9(6)12)10(16)8(15)1-2-14/h3-4,8,10,15-16H,1H2. The van der Waals surface area contributed by atoms with Gasteiger partial charge in [-0.25, -0.2) is 4.39 Å². The van der Waals surface area contributed by atoms with Crippen LogP contribution in [0.5, 0.6) is 0 Å². The van der Waals surface area contributed by atoms with E-state index in [0.29, 0.717) is 0 Å². The Balaban J connectivity index is 3.01. The van der Waals surface area contributed by atoms with Crippen molar-refractivity contribution in [2.75, 3.05) is 0 Å². The van der Waals surface area contributed by atoms with Gasteiger partial charge in [-0.2, -0.15) is 5.26 Å². The molecule has 86 valence electrons. The highest BCUT2D eigenvalue weighted by Gasteiger charge is 2.20. The Morgan fingerprint density at radius 1 is 1.38 bits per heavy atom. The number of nitrogens with zero attached hydrogens (tertiary/aromatic N) is 1. The Morgan fingerprint density at radius 3 is 2.50 bits per heavy atom. The summed E-state index contributed by atoms with van der Waals surface area (Å²) in [5.74, 6) is -0.785. The number of nitriles is 1. The van der Waals surface area contributed by atoms with E-state index in [4.69, 9.17) is 28.5 Å². The lowest BCUT2D eigenvalue weighted by atomic mass is 10.0. The summed E-state index contributed by atoms with van der Waals surface area (Å²) < 4.78 is 13.2. The second-order valence-corrected chi connectivity index (χ2v) is 3.96. The van der Waals surface area contributed by atoms with Crippen molar-refractivity contribution in [1.82, 2.24) is 0 Å². The molecule has 0 saturated carbocycles. The quantitative estimate of drug-likeness (QED) is 0.824. The molecule has 0 spiro atoms. The zero-order valence-electron chi connectivity index (χ0n) is 7.99. The number of halogens is 3. The number of aliphatic hydroxyl groups is 2. The molecule has 1 rings (SSSR count). The molecule has 0 aromatic heterocycles. The maximum absolute atomic E-state index is 13.2. The predicted octanol–water partition coefficient (Wildman–Crippen LogP) is 2.44. The topological polar surface area (TPSA) is 64.2 Å². The Bertz CT molecular complexity index is 410. The normalized spacial score (nSPS) is 14.2. The highest BCUT2D eigenvalue weighted by atomic mass is 35.5. The maximum atomic E-state index is 13.2. The van der Waals surface area contributed by atoms with E-state index in [-0.39, 0.29) is 22.0 Å². The third kappa shape index (κ3) is 2.83. The average Bonchev–Trinajstić information content (AvgIpc) is 2.24. The molecule has 3 nitrogen and oxygen atoms in total. The Labute approximate surface area is 102 Å². The van der Waals surface area contributed by atoms with Crippen molar-refractivity contribution in [2.24, 2.45) is 0 Å². The van der Waals surface area contributed by atoms with Crippen LogP contribution in [0.2, 0.25) is 10.0 Å². The van der Waals surface area contributed by atoms with Gasteiger partial charge in [0.2, 0.25) is 0 Å². The monoisotopic (exact) mass is 263 g/mol. The number of hydrogen-bond acceptors (Lipinski definition) is 3. The third-order valence-corrected chi connectivity index (χ3v) is 2.79. The highest BCUT2D eigenvalue weighted by Crippen LogP contribution is 2.30. The predicted molar refractivity (Wildman–Crippen MR) is 57.6 cm³/mol. The molecule has 0 aliphatic rings. The first-order valence-electron chi connectivity index (χ1n) is 4.35. The molecule has 0 bridgehead atoms. The number of benzene rings is 1. The lowest BCUT2D eigenvalue weighted by Gasteiger charge is -2.16. The second kappa shape index (κ2) is 5.46. The molecule has 16 heavy (non-hydrogen) atoms. The molecule has 6 heteroatoms. The van der Waals surface area contributed by atoms with Gasteiger partial charge in [-0.1, -0.05) is 23.2 Å². The van der Waals surface area contributed by atoms with Crippen molar-refractivity contribution >= 4 is 23.2 Å². The molecule has 0 radical (unpaired) electrons. The van der Waals surface area contributed by atoms with Crippen LogP contribution in [0, 0.1) is 17.1 Å². The molecular formula is C10H8Cl2FNO2. The van der Waals surface area contributed by atoms with E-state index in [1.54, 1.807) is 6.07 Å². The minimum atomic E-state index is -1.37. The molecule has 0 aliphatic heterocycles. The number of hydrogen-bond donors (Lipinski definition) is 2. The minimum Gasteiger partial charge on any atom is -0.389 e. The van der Waals surface area contributed by atoms with Crippen LogP contribution < -0.4 is 0 Å². The van der Waals surface area contributed by atoms with E-state index in [1.807, 2.05) is 0 Å². The van der Waals surface area contributed by atoms with Gasteiger partial charge in [-0.3, -0.25) is 0 Å². The van der Waals surface area contributed by atoms with Crippen molar-refractivity contribution in [1.29, 1.82) is 5.26 Å². The van der Waals surface area contributed by atoms with Gasteiger partial charge in [-0.15, -0.1) is 0 Å². The molecule has 0 saturated heterocycles. The molecule has 0 amide bonds. The summed E-state index contributed by atoms with van der Waals surface area (Å²) in [5, 5.41) is 27.0. The van der Waals surface area contributed by atoms with E-state index >= 15 is 0 Å². The van der Waals surface area contributed by atoms with Crippen LogP contribution in [-0.2, 0) is 0 Å². The van der Waals surface area contributed by atoms with E-state index in [1.165, 1.54) is 6.07 Å². The van der Waals surface area contributed by atoms with Crippen LogP contribution in [0.3, 0.4) is 0 Å². The minimum absolute atomic E-state index is 0.0557. The van der Waals surface area contributed by atoms with Gasteiger partial charge in [0.25, 0.3) is 0 Å². The average molecular weight is 264 g/mol. The number of aliphatic hydroxyl groups excluding tert-OH is 2. The van der Waals surface area contributed by atoms with Gasteiger partial charge in [-0.05, 0) is 17.7 Å². The van der Waals surface area contributed by atoms with Gasteiger partial charge in [0.05, 0.1) is 28.6 Å². The lowest BCUT2D eigenvalue weighted by molar-refractivity contribution is 0.0215. The first kappa shape index (κ1) is 13.2. The highest BCUT2D eigenvalue weighted by molar-refractivity contribution is 6.42. The molecule has 0 aliphatic carbocycles. The van der Waals surface area contributed by atoms with Crippen molar-refractivity contribution in [3.05, 3.63) is 33.6 Å². The Morgan fingerprint density at radius 2 is 2.00 bits per heavy atom. The van der Waals surface area contributed by atoms with Gasteiger partial charge in [0.15, 0.2) is 0 Å². The Kier molecular flexibility index (Phi) is 4.51. The zero-order chi connectivity index (χ0) is 12.3. The smallest absolute Gasteiger partial charge is 0.143 e. The molecule has 0 fully saturated rings. The van der Waals surface area contributed by atoms with E-state index < -0.39 is 18.0 Å². The van der Waals surface area contributed by atoms with Gasteiger partial charge >= 0.3 is 0 Å². The van der Waals surface area contributed by atoms with Gasteiger partial charge in [0.1, 0.15) is 11.9 Å².